The molecule has 112 valence electrons. The lowest BCUT2D eigenvalue weighted by atomic mass is 9.99. The predicted octanol–water partition coefficient (Wildman–Crippen LogP) is 1.00. The molecule has 0 radical (unpaired) electrons. The van der Waals surface area contributed by atoms with Gasteiger partial charge in [0.25, 0.3) is 0 Å². The Labute approximate surface area is 120 Å². The first-order chi connectivity index (χ1) is 10.0. The van der Waals surface area contributed by atoms with Gasteiger partial charge in [-0.2, -0.15) is 0 Å². The standard InChI is InChI=1S/C14H15NO6/c1-20-13(18)7-11(17)14(19)8-2-3-10(16)9(6-8)12-4-5-15-21-12/h2-6,11,14,16-17,19H,7H2,1H3. The Morgan fingerprint density at radius 3 is 2.76 bits per heavy atom. The van der Waals surface area contributed by atoms with Gasteiger partial charge in [-0.15, -0.1) is 0 Å². The summed E-state index contributed by atoms with van der Waals surface area (Å²) >= 11 is 0. The fourth-order valence-corrected chi connectivity index (χ4v) is 1.88. The second-order valence-corrected chi connectivity index (χ2v) is 4.45. The summed E-state index contributed by atoms with van der Waals surface area (Å²) in [5, 5.41) is 33.2. The van der Waals surface area contributed by atoms with Crippen LogP contribution in [0.1, 0.15) is 18.1 Å². The highest BCUT2D eigenvalue weighted by molar-refractivity contribution is 5.70. The number of carbonyl (C=O) groups is 1. The van der Waals surface area contributed by atoms with Crippen LogP contribution in [0.15, 0.2) is 35.0 Å². The molecule has 2 atom stereocenters. The van der Waals surface area contributed by atoms with E-state index in [-0.39, 0.29) is 12.2 Å². The van der Waals surface area contributed by atoms with Gasteiger partial charge in [-0.3, -0.25) is 4.79 Å². The van der Waals surface area contributed by atoms with Crippen LogP contribution in [0.25, 0.3) is 11.3 Å². The number of rotatable bonds is 5. The smallest absolute Gasteiger partial charge is 0.308 e. The van der Waals surface area contributed by atoms with Gasteiger partial charge in [-0.25, -0.2) is 0 Å². The van der Waals surface area contributed by atoms with E-state index >= 15 is 0 Å². The Kier molecular flexibility index (Phi) is 4.56. The Balaban J connectivity index is 2.24. The van der Waals surface area contributed by atoms with Gasteiger partial charge in [0.05, 0.1) is 31.4 Å². The van der Waals surface area contributed by atoms with Gasteiger partial charge in [0, 0.05) is 6.07 Å². The van der Waals surface area contributed by atoms with Crippen LogP contribution in [0.3, 0.4) is 0 Å². The molecule has 0 aliphatic heterocycles. The zero-order valence-corrected chi connectivity index (χ0v) is 11.3. The molecule has 1 aromatic carbocycles. The van der Waals surface area contributed by atoms with Gasteiger partial charge in [-0.05, 0) is 17.7 Å². The number of esters is 1. The van der Waals surface area contributed by atoms with E-state index in [4.69, 9.17) is 4.52 Å². The highest BCUT2D eigenvalue weighted by Crippen LogP contribution is 2.32. The summed E-state index contributed by atoms with van der Waals surface area (Å²) < 4.78 is 9.38. The minimum atomic E-state index is -1.32. The third-order valence-corrected chi connectivity index (χ3v) is 3.03. The molecule has 2 aromatic rings. The first-order valence-corrected chi connectivity index (χ1v) is 6.20. The Bertz CT molecular complexity index is 610. The normalized spacial score (nSPS) is 13.7. The third kappa shape index (κ3) is 3.39. The van der Waals surface area contributed by atoms with Crippen LogP contribution in [0.4, 0.5) is 0 Å². The van der Waals surface area contributed by atoms with Crippen LogP contribution in [0.2, 0.25) is 0 Å². The zero-order valence-electron chi connectivity index (χ0n) is 11.3. The number of phenols is 1. The van der Waals surface area contributed by atoms with Gasteiger partial charge in [0.15, 0.2) is 5.76 Å². The largest absolute Gasteiger partial charge is 0.507 e. The first-order valence-electron chi connectivity index (χ1n) is 6.20. The number of hydrogen-bond acceptors (Lipinski definition) is 7. The van der Waals surface area contributed by atoms with E-state index in [2.05, 4.69) is 9.89 Å². The van der Waals surface area contributed by atoms with Crippen molar-refractivity contribution < 1.29 is 29.4 Å². The van der Waals surface area contributed by atoms with E-state index in [1.165, 1.54) is 31.5 Å². The maximum absolute atomic E-state index is 11.1. The highest BCUT2D eigenvalue weighted by Gasteiger charge is 2.23. The number of carbonyl (C=O) groups excluding carboxylic acids is 1. The number of nitrogens with zero attached hydrogens (tertiary/aromatic N) is 1. The fourth-order valence-electron chi connectivity index (χ4n) is 1.88. The number of ether oxygens (including phenoxy) is 1. The number of aliphatic hydroxyl groups is 2. The van der Waals surface area contributed by atoms with Crippen LogP contribution in [-0.2, 0) is 9.53 Å². The van der Waals surface area contributed by atoms with Gasteiger partial charge in [-0.1, -0.05) is 11.2 Å². The quantitative estimate of drug-likeness (QED) is 0.705. The Morgan fingerprint density at radius 1 is 1.38 bits per heavy atom. The van der Waals surface area contributed by atoms with Crippen LogP contribution >= 0.6 is 0 Å². The predicted molar refractivity (Wildman–Crippen MR) is 71.2 cm³/mol. The highest BCUT2D eigenvalue weighted by atomic mass is 16.5. The van der Waals surface area contributed by atoms with Crippen molar-refractivity contribution in [2.75, 3.05) is 7.11 Å². The van der Waals surface area contributed by atoms with Crippen LogP contribution in [0.5, 0.6) is 5.75 Å². The van der Waals surface area contributed by atoms with Crippen molar-refractivity contribution in [3.63, 3.8) is 0 Å². The maximum atomic E-state index is 11.1. The monoisotopic (exact) mass is 293 g/mol. The van der Waals surface area contributed by atoms with E-state index in [0.29, 0.717) is 16.9 Å². The van der Waals surface area contributed by atoms with E-state index in [1.54, 1.807) is 6.07 Å². The lowest BCUT2D eigenvalue weighted by Gasteiger charge is -2.18. The van der Waals surface area contributed by atoms with Crippen molar-refractivity contribution >= 4 is 5.97 Å². The molecule has 7 nitrogen and oxygen atoms in total. The summed E-state index contributed by atoms with van der Waals surface area (Å²) in [6.45, 7) is 0. The molecule has 0 amide bonds. The minimum Gasteiger partial charge on any atom is -0.507 e. The summed E-state index contributed by atoms with van der Waals surface area (Å²) in [5.41, 5.74) is 0.657. The lowest BCUT2D eigenvalue weighted by molar-refractivity contribution is -0.144. The Hall–Kier alpha value is -2.38. The molecule has 0 saturated carbocycles. The van der Waals surface area contributed by atoms with Gasteiger partial charge in [0.1, 0.15) is 11.9 Å². The molecule has 3 N–H and O–H groups in total. The van der Waals surface area contributed by atoms with Crippen LogP contribution in [0, 0.1) is 0 Å². The molecule has 0 spiro atoms. The molecule has 0 saturated heterocycles. The van der Waals surface area contributed by atoms with Gasteiger partial charge in [0.2, 0.25) is 0 Å². The molecule has 21 heavy (non-hydrogen) atoms. The molecular weight excluding hydrogens is 278 g/mol. The molecule has 1 aromatic heterocycles. The first kappa shape index (κ1) is 15.0. The number of aliphatic hydroxyl groups excluding tert-OH is 2. The van der Waals surface area contributed by atoms with E-state index in [9.17, 15) is 20.1 Å². The minimum absolute atomic E-state index is 0.0508. The summed E-state index contributed by atoms with van der Waals surface area (Å²) in [7, 11) is 1.20. The summed E-state index contributed by atoms with van der Waals surface area (Å²) in [5.74, 6) is -0.357. The van der Waals surface area contributed by atoms with Crippen LogP contribution < -0.4 is 0 Å². The average molecular weight is 293 g/mol. The number of aromatic hydroxyl groups is 1. The van der Waals surface area contributed by atoms with Crippen molar-refractivity contribution in [2.24, 2.45) is 0 Å². The van der Waals surface area contributed by atoms with Gasteiger partial charge >= 0.3 is 5.97 Å². The van der Waals surface area contributed by atoms with Gasteiger partial charge < -0.3 is 24.6 Å². The number of phenolic OH excluding ortho intramolecular Hbond substituents is 1. The van der Waals surface area contributed by atoms with Crippen molar-refractivity contribution in [1.29, 1.82) is 0 Å². The number of aromatic nitrogens is 1. The SMILES string of the molecule is COC(=O)CC(O)C(O)c1ccc(O)c(-c2ccno2)c1. The lowest BCUT2D eigenvalue weighted by Crippen LogP contribution is -2.22. The molecule has 2 unspecified atom stereocenters. The second kappa shape index (κ2) is 6.38. The maximum Gasteiger partial charge on any atom is 0.308 e. The molecule has 0 aliphatic rings. The molecule has 0 fully saturated rings. The summed E-state index contributed by atoms with van der Waals surface area (Å²) in [6, 6.07) is 5.82. The van der Waals surface area contributed by atoms with Crippen LogP contribution in [-0.4, -0.2) is 39.7 Å². The molecule has 2 rings (SSSR count). The Morgan fingerprint density at radius 2 is 2.14 bits per heavy atom. The second-order valence-electron chi connectivity index (χ2n) is 4.45. The number of hydrogen-bond donors (Lipinski definition) is 3. The summed E-state index contributed by atoms with van der Waals surface area (Å²) in [4.78, 5) is 11.1. The van der Waals surface area contributed by atoms with E-state index in [0.717, 1.165) is 0 Å². The summed E-state index contributed by atoms with van der Waals surface area (Å²) in [6.07, 6.45) is -1.53. The zero-order chi connectivity index (χ0) is 15.4. The van der Waals surface area contributed by atoms with Crippen molar-refractivity contribution in [3.05, 3.63) is 36.0 Å². The third-order valence-electron chi connectivity index (χ3n) is 3.03. The molecular formula is C14H15NO6. The van der Waals surface area contributed by atoms with Crippen molar-refractivity contribution in [3.8, 4) is 17.1 Å². The molecule has 0 bridgehead atoms. The number of benzene rings is 1. The molecule has 1 heterocycles. The fraction of sp³-hybridized carbons (Fsp3) is 0.286. The molecule has 7 heteroatoms. The van der Waals surface area contributed by atoms with E-state index in [1.807, 2.05) is 0 Å². The topological polar surface area (TPSA) is 113 Å². The average Bonchev–Trinajstić information content (AvgIpc) is 3.00. The molecule has 0 aliphatic carbocycles. The van der Waals surface area contributed by atoms with Crippen molar-refractivity contribution in [1.82, 2.24) is 5.16 Å². The number of methoxy groups -OCH3 is 1. The van der Waals surface area contributed by atoms with E-state index < -0.39 is 18.2 Å². The van der Waals surface area contributed by atoms with Crippen molar-refractivity contribution in [2.45, 2.75) is 18.6 Å².